The molecule has 0 amide bonds. The van der Waals surface area contributed by atoms with Gasteiger partial charge in [-0.2, -0.15) is 0 Å². The lowest BCUT2D eigenvalue weighted by atomic mass is 9.93. The Morgan fingerprint density at radius 1 is 1.37 bits per heavy atom. The van der Waals surface area contributed by atoms with Crippen LogP contribution in [0.5, 0.6) is 0 Å². The monoisotopic (exact) mass is 280 g/mol. The Balaban J connectivity index is 2.34. The molecule has 106 valence electrons. The van der Waals surface area contributed by atoms with Crippen LogP contribution in [0.25, 0.3) is 0 Å². The van der Waals surface area contributed by atoms with E-state index in [1.165, 1.54) is 30.4 Å². The zero-order valence-electron chi connectivity index (χ0n) is 12.0. The standard InChI is InChI=1S/C16H25ClN2/c1-3-9-19-10-5-4-6-15(18)16(19)14-8-7-13(17)11-12(14)2/h7-8,11,15-16H,3-6,9-10,18H2,1-2H3. The molecular weight excluding hydrogens is 256 g/mol. The van der Waals surface area contributed by atoms with Crippen LogP contribution in [0.3, 0.4) is 0 Å². The molecule has 1 aliphatic rings. The van der Waals surface area contributed by atoms with Gasteiger partial charge in [0, 0.05) is 11.1 Å². The van der Waals surface area contributed by atoms with E-state index in [1.54, 1.807) is 0 Å². The summed E-state index contributed by atoms with van der Waals surface area (Å²) < 4.78 is 0. The Labute approximate surface area is 121 Å². The summed E-state index contributed by atoms with van der Waals surface area (Å²) in [5.74, 6) is 0. The first-order valence-corrected chi connectivity index (χ1v) is 7.77. The Morgan fingerprint density at radius 3 is 2.84 bits per heavy atom. The van der Waals surface area contributed by atoms with Crippen molar-refractivity contribution in [1.82, 2.24) is 4.90 Å². The molecule has 1 saturated heterocycles. The molecule has 2 unspecified atom stereocenters. The number of hydrogen-bond acceptors (Lipinski definition) is 2. The van der Waals surface area contributed by atoms with E-state index in [1.807, 2.05) is 6.07 Å². The molecule has 1 heterocycles. The maximum absolute atomic E-state index is 6.46. The largest absolute Gasteiger partial charge is 0.326 e. The summed E-state index contributed by atoms with van der Waals surface area (Å²) >= 11 is 6.08. The van der Waals surface area contributed by atoms with Gasteiger partial charge in [-0.3, -0.25) is 4.90 Å². The van der Waals surface area contributed by atoms with E-state index in [-0.39, 0.29) is 6.04 Å². The van der Waals surface area contributed by atoms with Crippen molar-refractivity contribution >= 4 is 11.6 Å². The van der Waals surface area contributed by atoms with Gasteiger partial charge in [-0.05, 0) is 62.5 Å². The Bertz CT molecular complexity index is 419. The molecule has 1 aromatic carbocycles. The van der Waals surface area contributed by atoms with Crippen LogP contribution < -0.4 is 5.73 Å². The molecule has 2 atom stereocenters. The minimum atomic E-state index is 0.230. The minimum Gasteiger partial charge on any atom is -0.326 e. The molecule has 0 aliphatic carbocycles. The zero-order valence-corrected chi connectivity index (χ0v) is 12.8. The predicted molar refractivity (Wildman–Crippen MR) is 82.6 cm³/mol. The fraction of sp³-hybridized carbons (Fsp3) is 0.625. The van der Waals surface area contributed by atoms with Gasteiger partial charge in [-0.15, -0.1) is 0 Å². The van der Waals surface area contributed by atoms with Gasteiger partial charge in [0.25, 0.3) is 0 Å². The predicted octanol–water partition coefficient (Wildman–Crippen LogP) is 3.91. The zero-order chi connectivity index (χ0) is 13.8. The van der Waals surface area contributed by atoms with Gasteiger partial charge >= 0.3 is 0 Å². The second-order valence-corrected chi connectivity index (χ2v) is 6.08. The lowest BCUT2D eigenvalue weighted by Crippen LogP contribution is -2.40. The molecular formula is C16H25ClN2. The van der Waals surface area contributed by atoms with Crippen molar-refractivity contribution in [3.63, 3.8) is 0 Å². The first-order chi connectivity index (χ1) is 9.13. The molecule has 19 heavy (non-hydrogen) atoms. The summed E-state index contributed by atoms with van der Waals surface area (Å²) in [5, 5.41) is 0.811. The van der Waals surface area contributed by atoms with Gasteiger partial charge in [0.05, 0.1) is 6.04 Å². The van der Waals surface area contributed by atoms with E-state index < -0.39 is 0 Å². The molecule has 2 N–H and O–H groups in total. The second kappa shape index (κ2) is 6.74. The Morgan fingerprint density at radius 2 is 2.16 bits per heavy atom. The Hall–Kier alpha value is -0.570. The van der Waals surface area contributed by atoms with E-state index in [0.29, 0.717) is 6.04 Å². The van der Waals surface area contributed by atoms with Crippen LogP contribution in [0.1, 0.15) is 49.8 Å². The summed E-state index contributed by atoms with van der Waals surface area (Å²) in [5.41, 5.74) is 9.08. The topological polar surface area (TPSA) is 29.3 Å². The third-order valence-electron chi connectivity index (χ3n) is 4.09. The molecule has 1 aliphatic heterocycles. The molecule has 0 spiro atoms. The fourth-order valence-corrected chi connectivity index (χ4v) is 3.43. The van der Waals surface area contributed by atoms with Crippen molar-refractivity contribution in [3.05, 3.63) is 34.3 Å². The highest BCUT2D eigenvalue weighted by Crippen LogP contribution is 2.32. The molecule has 0 bridgehead atoms. The van der Waals surface area contributed by atoms with E-state index in [4.69, 9.17) is 17.3 Å². The van der Waals surface area contributed by atoms with Crippen LogP contribution in [0.4, 0.5) is 0 Å². The molecule has 0 aromatic heterocycles. The van der Waals surface area contributed by atoms with Gasteiger partial charge in [0.1, 0.15) is 0 Å². The van der Waals surface area contributed by atoms with Gasteiger partial charge in [0.15, 0.2) is 0 Å². The molecule has 1 fully saturated rings. The highest BCUT2D eigenvalue weighted by molar-refractivity contribution is 6.30. The third kappa shape index (κ3) is 3.50. The van der Waals surface area contributed by atoms with Crippen LogP contribution in [0.15, 0.2) is 18.2 Å². The third-order valence-corrected chi connectivity index (χ3v) is 4.33. The van der Waals surface area contributed by atoms with Crippen molar-refractivity contribution in [2.24, 2.45) is 5.73 Å². The number of benzene rings is 1. The first kappa shape index (κ1) is 14.8. The number of likely N-dealkylation sites (tertiary alicyclic amines) is 1. The van der Waals surface area contributed by atoms with Crippen LogP contribution in [0, 0.1) is 6.92 Å². The number of nitrogens with zero attached hydrogens (tertiary/aromatic N) is 1. The summed E-state index contributed by atoms with van der Waals surface area (Å²) in [4.78, 5) is 2.56. The van der Waals surface area contributed by atoms with E-state index >= 15 is 0 Å². The fourth-order valence-electron chi connectivity index (χ4n) is 3.20. The summed E-state index contributed by atoms with van der Waals surface area (Å²) in [7, 11) is 0. The van der Waals surface area contributed by atoms with Crippen LogP contribution >= 0.6 is 11.6 Å². The molecule has 3 heteroatoms. The second-order valence-electron chi connectivity index (χ2n) is 5.64. The SMILES string of the molecule is CCCN1CCCCC(N)C1c1ccc(Cl)cc1C. The average molecular weight is 281 g/mol. The molecule has 2 rings (SSSR count). The average Bonchev–Trinajstić information content (AvgIpc) is 2.53. The van der Waals surface area contributed by atoms with Gasteiger partial charge in [-0.1, -0.05) is 31.0 Å². The van der Waals surface area contributed by atoms with Gasteiger partial charge in [-0.25, -0.2) is 0 Å². The maximum atomic E-state index is 6.46. The molecule has 2 nitrogen and oxygen atoms in total. The smallest absolute Gasteiger partial charge is 0.0501 e. The van der Waals surface area contributed by atoms with Crippen molar-refractivity contribution in [2.45, 2.75) is 51.6 Å². The maximum Gasteiger partial charge on any atom is 0.0501 e. The van der Waals surface area contributed by atoms with Gasteiger partial charge in [0.2, 0.25) is 0 Å². The normalized spacial score (nSPS) is 25.3. The number of halogens is 1. The van der Waals surface area contributed by atoms with Crippen molar-refractivity contribution in [2.75, 3.05) is 13.1 Å². The van der Waals surface area contributed by atoms with E-state index in [0.717, 1.165) is 24.5 Å². The molecule has 0 saturated carbocycles. The van der Waals surface area contributed by atoms with Crippen LogP contribution in [0.2, 0.25) is 5.02 Å². The van der Waals surface area contributed by atoms with Crippen LogP contribution in [-0.4, -0.2) is 24.0 Å². The summed E-state index contributed by atoms with van der Waals surface area (Å²) in [6.45, 7) is 6.67. The van der Waals surface area contributed by atoms with E-state index in [2.05, 4.69) is 30.9 Å². The highest BCUT2D eigenvalue weighted by atomic mass is 35.5. The van der Waals surface area contributed by atoms with Crippen molar-refractivity contribution in [1.29, 1.82) is 0 Å². The first-order valence-electron chi connectivity index (χ1n) is 7.39. The molecule has 1 aromatic rings. The lowest BCUT2D eigenvalue weighted by molar-refractivity contribution is 0.185. The van der Waals surface area contributed by atoms with Crippen molar-refractivity contribution < 1.29 is 0 Å². The Kier molecular flexibility index (Phi) is 5.26. The van der Waals surface area contributed by atoms with E-state index in [9.17, 15) is 0 Å². The quantitative estimate of drug-likeness (QED) is 0.909. The number of rotatable bonds is 3. The lowest BCUT2D eigenvalue weighted by Gasteiger charge is -2.34. The highest BCUT2D eigenvalue weighted by Gasteiger charge is 2.29. The van der Waals surface area contributed by atoms with Crippen molar-refractivity contribution in [3.8, 4) is 0 Å². The minimum absolute atomic E-state index is 0.230. The number of hydrogen-bond donors (Lipinski definition) is 1. The number of nitrogens with two attached hydrogens (primary N) is 1. The van der Waals surface area contributed by atoms with Crippen LogP contribution in [-0.2, 0) is 0 Å². The molecule has 0 radical (unpaired) electrons. The number of aryl methyl sites for hydroxylation is 1. The van der Waals surface area contributed by atoms with Gasteiger partial charge < -0.3 is 5.73 Å². The summed E-state index contributed by atoms with van der Waals surface area (Å²) in [6.07, 6.45) is 4.80. The summed E-state index contributed by atoms with van der Waals surface area (Å²) in [6, 6.07) is 6.79.